The summed E-state index contributed by atoms with van der Waals surface area (Å²) in [5.74, 6) is 1.63. The van der Waals surface area contributed by atoms with Gasteiger partial charge in [-0.15, -0.1) is 11.8 Å². The van der Waals surface area contributed by atoms with E-state index < -0.39 is 0 Å². The summed E-state index contributed by atoms with van der Waals surface area (Å²) in [6.07, 6.45) is 0. The Bertz CT molecular complexity index is 277. The minimum atomic E-state index is 0.208. The zero-order valence-electron chi connectivity index (χ0n) is 10.0. The van der Waals surface area contributed by atoms with Gasteiger partial charge in [0.25, 0.3) is 0 Å². The van der Waals surface area contributed by atoms with E-state index in [1.54, 1.807) is 0 Å². The average molecular weight is 239 g/mol. The molecule has 16 heavy (non-hydrogen) atoms. The predicted octanol–water partition coefficient (Wildman–Crippen LogP) is 2.39. The minimum Gasteiger partial charge on any atom is -0.395 e. The van der Waals surface area contributed by atoms with Crippen LogP contribution in [-0.2, 0) is 0 Å². The molecule has 0 spiro atoms. The third-order valence-corrected chi connectivity index (χ3v) is 3.63. The molecule has 1 atom stereocenters. The van der Waals surface area contributed by atoms with E-state index in [0.29, 0.717) is 18.5 Å². The van der Waals surface area contributed by atoms with Gasteiger partial charge < -0.3 is 10.4 Å². The topological polar surface area (TPSA) is 32.3 Å². The highest BCUT2D eigenvalue weighted by Gasteiger charge is 2.12. The van der Waals surface area contributed by atoms with Gasteiger partial charge in [-0.3, -0.25) is 0 Å². The van der Waals surface area contributed by atoms with Gasteiger partial charge >= 0.3 is 0 Å². The van der Waals surface area contributed by atoms with E-state index >= 15 is 0 Å². The molecule has 0 saturated carbocycles. The van der Waals surface area contributed by atoms with E-state index in [0.717, 1.165) is 5.75 Å². The molecule has 0 saturated heterocycles. The van der Waals surface area contributed by atoms with Crippen molar-refractivity contribution in [2.24, 2.45) is 5.92 Å². The molecule has 0 amide bonds. The van der Waals surface area contributed by atoms with Gasteiger partial charge in [0.05, 0.1) is 6.61 Å². The highest BCUT2D eigenvalue weighted by atomic mass is 32.2. The van der Waals surface area contributed by atoms with Gasteiger partial charge in [-0.1, -0.05) is 32.0 Å². The van der Waals surface area contributed by atoms with Crippen LogP contribution in [0.1, 0.15) is 13.8 Å². The zero-order chi connectivity index (χ0) is 11.8. The van der Waals surface area contributed by atoms with Crippen LogP contribution in [0.4, 0.5) is 0 Å². The molecule has 1 unspecified atom stereocenters. The molecular formula is C13H21NOS. The normalized spacial score (nSPS) is 13.0. The molecule has 0 aliphatic rings. The summed E-state index contributed by atoms with van der Waals surface area (Å²) >= 11 is 1.86. The Morgan fingerprint density at radius 2 is 1.94 bits per heavy atom. The lowest BCUT2D eigenvalue weighted by Gasteiger charge is -2.21. The molecule has 2 N–H and O–H groups in total. The summed E-state index contributed by atoms with van der Waals surface area (Å²) in [7, 11) is 0. The van der Waals surface area contributed by atoms with Crippen molar-refractivity contribution in [1.82, 2.24) is 5.32 Å². The lowest BCUT2D eigenvalue weighted by Crippen LogP contribution is -2.37. The number of benzene rings is 1. The van der Waals surface area contributed by atoms with Gasteiger partial charge in [0.2, 0.25) is 0 Å². The summed E-state index contributed by atoms with van der Waals surface area (Å²) in [5, 5.41) is 12.2. The number of rotatable bonds is 7. The summed E-state index contributed by atoms with van der Waals surface area (Å²) in [6.45, 7) is 5.30. The van der Waals surface area contributed by atoms with Crippen molar-refractivity contribution < 1.29 is 5.11 Å². The Hall–Kier alpha value is -0.510. The van der Waals surface area contributed by atoms with Gasteiger partial charge in [0.15, 0.2) is 0 Å². The SMILES string of the molecule is CC(C)C(CSc1ccccc1)NCCO. The summed E-state index contributed by atoms with van der Waals surface area (Å²) < 4.78 is 0. The van der Waals surface area contributed by atoms with Crippen molar-refractivity contribution in [3.63, 3.8) is 0 Å². The maximum absolute atomic E-state index is 8.81. The third-order valence-electron chi connectivity index (χ3n) is 2.50. The zero-order valence-corrected chi connectivity index (χ0v) is 10.8. The molecule has 0 aliphatic heterocycles. The molecule has 90 valence electrons. The van der Waals surface area contributed by atoms with Crippen LogP contribution in [0.2, 0.25) is 0 Å². The number of hydrogen-bond acceptors (Lipinski definition) is 3. The molecule has 1 rings (SSSR count). The quantitative estimate of drug-likeness (QED) is 0.717. The van der Waals surface area contributed by atoms with Crippen LogP contribution >= 0.6 is 11.8 Å². The van der Waals surface area contributed by atoms with Gasteiger partial charge in [-0.05, 0) is 18.1 Å². The lowest BCUT2D eigenvalue weighted by atomic mass is 10.1. The minimum absolute atomic E-state index is 0.208. The smallest absolute Gasteiger partial charge is 0.0556 e. The van der Waals surface area contributed by atoms with Gasteiger partial charge in [0, 0.05) is 23.2 Å². The van der Waals surface area contributed by atoms with Crippen molar-refractivity contribution in [2.45, 2.75) is 24.8 Å². The number of hydrogen-bond donors (Lipinski definition) is 2. The fourth-order valence-electron chi connectivity index (χ4n) is 1.44. The molecule has 1 aromatic carbocycles. The van der Waals surface area contributed by atoms with Gasteiger partial charge in [0.1, 0.15) is 0 Å². The molecule has 0 radical (unpaired) electrons. The maximum Gasteiger partial charge on any atom is 0.0556 e. The summed E-state index contributed by atoms with van der Waals surface area (Å²) in [5.41, 5.74) is 0. The monoisotopic (exact) mass is 239 g/mol. The second-order valence-corrected chi connectivity index (χ2v) is 5.25. The Morgan fingerprint density at radius 3 is 2.50 bits per heavy atom. The fraction of sp³-hybridized carbons (Fsp3) is 0.538. The molecule has 0 fully saturated rings. The first-order valence-electron chi connectivity index (χ1n) is 5.76. The Balaban J connectivity index is 2.38. The molecule has 3 heteroatoms. The van der Waals surface area contributed by atoms with E-state index in [4.69, 9.17) is 5.11 Å². The first kappa shape index (κ1) is 13.6. The largest absolute Gasteiger partial charge is 0.395 e. The van der Waals surface area contributed by atoms with Gasteiger partial charge in [-0.2, -0.15) is 0 Å². The molecular weight excluding hydrogens is 218 g/mol. The second kappa shape index (κ2) is 7.71. The van der Waals surface area contributed by atoms with Crippen LogP contribution in [-0.4, -0.2) is 30.1 Å². The van der Waals surface area contributed by atoms with Gasteiger partial charge in [-0.25, -0.2) is 0 Å². The number of aliphatic hydroxyl groups is 1. The lowest BCUT2D eigenvalue weighted by molar-refractivity contribution is 0.278. The number of nitrogens with one attached hydrogen (secondary N) is 1. The first-order valence-corrected chi connectivity index (χ1v) is 6.74. The second-order valence-electron chi connectivity index (χ2n) is 4.15. The number of aliphatic hydroxyl groups excluding tert-OH is 1. The van der Waals surface area contributed by atoms with Crippen molar-refractivity contribution in [3.05, 3.63) is 30.3 Å². The summed E-state index contributed by atoms with van der Waals surface area (Å²) in [6, 6.07) is 10.9. The average Bonchev–Trinajstić information content (AvgIpc) is 2.30. The molecule has 0 aliphatic carbocycles. The standard InChI is InChI=1S/C13H21NOS/c1-11(2)13(14-8-9-15)10-16-12-6-4-3-5-7-12/h3-7,11,13-15H,8-10H2,1-2H3. The van der Waals surface area contributed by atoms with Crippen LogP contribution in [0.3, 0.4) is 0 Å². The van der Waals surface area contributed by atoms with E-state index in [1.807, 2.05) is 17.8 Å². The maximum atomic E-state index is 8.81. The Kier molecular flexibility index (Phi) is 6.53. The third kappa shape index (κ3) is 5.01. The van der Waals surface area contributed by atoms with Crippen LogP contribution in [0.5, 0.6) is 0 Å². The van der Waals surface area contributed by atoms with E-state index in [1.165, 1.54) is 4.90 Å². The molecule has 0 heterocycles. The molecule has 0 bridgehead atoms. The van der Waals surface area contributed by atoms with Crippen molar-refractivity contribution in [1.29, 1.82) is 0 Å². The molecule has 0 aromatic heterocycles. The van der Waals surface area contributed by atoms with E-state index in [9.17, 15) is 0 Å². The number of thioether (sulfide) groups is 1. The first-order chi connectivity index (χ1) is 7.74. The highest BCUT2D eigenvalue weighted by molar-refractivity contribution is 7.99. The van der Waals surface area contributed by atoms with Crippen LogP contribution in [0.15, 0.2) is 35.2 Å². The van der Waals surface area contributed by atoms with E-state index in [-0.39, 0.29) is 6.61 Å². The van der Waals surface area contributed by atoms with Crippen LogP contribution < -0.4 is 5.32 Å². The highest BCUT2D eigenvalue weighted by Crippen LogP contribution is 2.20. The van der Waals surface area contributed by atoms with Crippen molar-refractivity contribution >= 4 is 11.8 Å². The molecule has 1 aromatic rings. The van der Waals surface area contributed by atoms with Crippen molar-refractivity contribution in [3.8, 4) is 0 Å². The molecule has 2 nitrogen and oxygen atoms in total. The van der Waals surface area contributed by atoms with Crippen LogP contribution in [0.25, 0.3) is 0 Å². The Labute approximate surface area is 102 Å². The van der Waals surface area contributed by atoms with Crippen LogP contribution in [0, 0.1) is 5.92 Å². The Morgan fingerprint density at radius 1 is 1.25 bits per heavy atom. The predicted molar refractivity (Wildman–Crippen MR) is 70.9 cm³/mol. The summed E-state index contributed by atoms with van der Waals surface area (Å²) in [4.78, 5) is 1.30. The van der Waals surface area contributed by atoms with Crippen molar-refractivity contribution in [2.75, 3.05) is 18.9 Å². The van der Waals surface area contributed by atoms with E-state index in [2.05, 4.69) is 43.4 Å². The fourth-order valence-corrected chi connectivity index (χ4v) is 2.66.